The van der Waals surface area contributed by atoms with E-state index in [2.05, 4.69) is 33.8 Å². The van der Waals surface area contributed by atoms with Gasteiger partial charge in [0.05, 0.1) is 9.09 Å². The van der Waals surface area contributed by atoms with Crippen molar-refractivity contribution in [1.82, 2.24) is 9.61 Å². The molecular formula is C13H8ClIN2. The highest BCUT2D eigenvalue weighted by atomic mass is 127. The Kier molecular flexibility index (Phi) is 2.80. The van der Waals surface area contributed by atoms with Crippen LogP contribution >= 0.6 is 34.2 Å². The van der Waals surface area contributed by atoms with Crippen LogP contribution in [0.5, 0.6) is 0 Å². The lowest BCUT2D eigenvalue weighted by molar-refractivity contribution is 0.966. The van der Waals surface area contributed by atoms with Gasteiger partial charge in [0, 0.05) is 16.8 Å². The van der Waals surface area contributed by atoms with E-state index in [4.69, 9.17) is 11.6 Å². The summed E-state index contributed by atoms with van der Waals surface area (Å²) in [4.78, 5) is 0. The number of hydrogen-bond acceptors (Lipinski definition) is 1. The minimum absolute atomic E-state index is 0.743. The van der Waals surface area contributed by atoms with Gasteiger partial charge >= 0.3 is 0 Å². The lowest BCUT2D eigenvalue weighted by Crippen LogP contribution is -1.84. The van der Waals surface area contributed by atoms with Crippen LogP contribution in [0.1, 0.15) is 0 Å². The SMILES string of the molecule is Clc1ccc(-c2nn3ccccc3c2I)cc1. The highest BCUT2D eigenvalue weighted by Gasteiger charge is 2.11. The van der Waals surface area contributed by atoms with Crippen molar-refractivity contribution >= 4 is 39.7 Å². The predicted octanol–water partition coefficient (Wildman–Crippen LogP) is 4.26. The van der Waals surface area contributed by atoms with Gasteiger partial charge in [-0.05, 0) is 46.9 Å². The van der Waals surface area contributed by atoms with Crippen molar-refractivity contribution in [3.63, 3.8) is 0 Å². The van der Waals surface area contributed by atoms with Crippen LogP contribution in [0.2, 0.25) is 5.02 Å². The molecule has 0 N–H and O–H groups in total. The zero-order valence-corrected chi connectivity index (χ0v) is 11.7. The van der Waals surface area contributed by atoms with Crippen LogP contribution in [0.15, 0.2) is 48.7 Å². The largest absolute Gasteiger partial charge is 0.239 e. The molecule has 0 unspecified atom stereocenters. The Hall–Kier alpha value is -1.07. The maximum atomic E-state index is 5.89. The van der Waals surface area contributed by atoms with E-state index in [1.165, 1.54) is 0 Å². The summed E-state index contributed by atoms with van der Waals surface area (Å²) in [6, 6.07) is 13.8. The summed E-state index contributed by atoms with van der Waals surface area (Å²) in [6.07, 6.45) is 1.96. The van der Waals surface area contributed by atoms with E-state index in [0.29, 0.717) is 0 Å². The quantitative estimate of drug-likeness (QED) is 0.597. The monoisotopic (exact) mass is 354 g/mol. The second-order valence-electron chi connectivity index (χ2n) is 3.70. The molecule has 4 heteroatoms. The van der Waals surface area contributed by atoms with Crippen LogP contribution in [0.3, 0.4) is 0 Å². The van der Waals surface area contributed by atoms with Gasteiger partial charge in [-0.3, -0.25) is 0 Å². The van der Waals surface area contributed by atoms with Gasteiger partial charge in [-0.1, -0.05) is 29.8 Å². The highest BCUT2D eigenvalue weighted by molar-refractivity contribution is 14.1. The normalized spacial score (nSPS) is 10.9. The summed E-state index contributed by atoms with van der Waals surface area (Å²) >= 11 is 8.22. The molecule has 0 aliphatic rings. The average molecular weight is 355 g/mol. The first-order chi connectivity index (χ1) is 8.25. The van der Waals surface area contributed by atoms with Crippen molar-refractivity contribution in [2.45, 2.75) is 0 Å². The molecule has 2 aromatic heterocycles. The lowest BCUT2D eigenvalue weighted by atomic mass is 10.1. The molecule has 3 rings (SSSR count). The molecule has 0 amide bonds. The highest BCUT2D eigenvalue weighted by Crippen LogP contribution is 2.28. The van der Waals surface area contributed by atoms with Crippen molar-refractivity contribution in [1.29, 1.82) is 0 Å². The summed E-state index contributed by atoms with van der Waals surface area (Å²) in [6.45, 7) is 0. The number of hydrogen-bond donors (Lipinski definition) is 0. The van der Waals surface area contributed by atoms with Crippen LogP contribution in [0.4, 0.5) is 0 Å². The van der Waals surface area contributed by atoms with Crippen molar-refractivity contribution in [2.75, 3.05) is 0 Å². The van der Waals surface area contributed by atoms with Gasteiger partial charge in [0.25, 0.3) is 0 Å². The third-order valence-corrected chi connectivity index (χ3v) is 3.91. The molecule has 0 aliphatic carbocycles. The Morgan fingerprint density at radius 2 is 1.82 bits per heavy atom. The third kappa shape index (κ3) is 1.93. The molecule has 0 saturated carbocycles. The average Bonchev–Trinajstić information content (AvgIpc) is 2.69. The van der Waals surface area contributed by atoms with Crippen LogP contribution in [0.25, 0.3) is 16.8 Å². The Morgan fingerprint density at radius 1 is 1.06 bits per heavy atom. The first-order valence-electron chi connectivity index (χ1n) is 5.14. The van der Waals surface area contributed by atoms with Crippen LogP contribution in [-0.4, -0.2) is 9.61 Å². The molecule has 3 aromatic rings. The smallest absolute Gasteiger partial charge is 0.107 e. The van der Waals surface area contributed by atoms with Gasteiger partial charge in [0.1, 0.15) is 5.69 Å². The molecule has 0 saturated heterocycles. The maximum absolute atomic E-state index is 5.89. The summed E-state index contributed by atoms with van der Waals surface area (Å²) in [5.41, 5.74) is 3.20. The molecule has 0 fully saturated rings. The maximum Gasteiger partial charge on any atom is 0.107 e. The van der Waals surface area contributed by atoms with Crippen molar-refractivity contribution in [3.8, 4) is 11.3 Å². The number of halogens is 2. The first-order valence-corrected chi connectivity index (χ1v) is 6.60. The topological polar surface area (TPSA) is 17.3 Å². The van der Waals surface area contributed by atoms with Gasteiger partial charge in [0.15, 0.2) is 0 Å². The van der Waals surface area contributed by atoms with E-state index in [0.717, 1.165) is 25.4 Å². The summed E-state index contributed by atoms with van der Waals surface area (Å²) in [7, 11) is 0. The van der Waals surface area contributed by atoms with E-state index >= 15 is 0 Å². The fraction of sp³-hybridized carbons (Fsp3) is 0. The van der Waals surface area contributed by atoms with E-state index in [9.17, 15) is 0 Å². The predicted molar refractivity (Wildman–Crippen MR) is 78.4 cm³/mol. The molecular weight excluding hydrogens is 347 g/mol. The fourth-order valence-electron chi connectivity index (χ4n) is 1.76. The van der Waals surface area contributed by atoms with Crippen LogP contribution < -0.4 is 0 Å². The van der Waals surface area contributed by atoms with Gasteiger partial charge < -0.3 is 0 Å². The zero-order valence-electron chi connectivity index (χ0n) is 8.77. The summed E-state index contributed by atoms with van der Waals surface area (Å²) < 4.78 is 3.05. The molecule has 0 radical (unpaired) electrons. The first kappa shape index (κ1) is 11.0. The number of benzene rings is 1. The van der Waals surface area contributed by atoms with Crippen molar-refractivity contribution in [2.24, 2.45) is 0 Å². The van der Waals surface area contributed by atoms with E-state index < -0.39 is 0 Å². The summed E-state index contributed by atoms with van der Waals surface area (Å²) in [5, 5.41) is 5.32. The van der Waals surface area contributed by atoms with Gasteiger partial charge in [-0.2, -0.15) is 5.10 Å². The third-order valence-electron chi connectivity index (χ3n) is 2.60. The fourth-order valence-corrected chi connectivity index (χ4v) is 2.73. The lowest BCUT2D eigenvalue weighted by Gasteiger charge is -1.97. The number of aromatic nitrogens is 2. The molecule has 17 heavy (non-hydrogen) atoms. The number of pyridine rings is 1. The summed E-state index contributed by atoms with van der Waals surface area (Å²) in [5.74, 6) is 0. The Balaban J connectivity index is 2.24. The Bertz CT molecular complexity index is 673. The van der Waals surface area contributed by atoms with Crippen LogP contribution in [-0.2, 0) is 0 Å². The molecule has 2 heterocycles. The van der Waals surface area contributed by atoms with Crippen LogP contribution in [0, 0.1) is 3.57 Å². The second kappa shape index (κ2) is 4.31. The second-order valence-corrected chi connectivity index (χ2v) is 5.22. The van der Waals surface area contributed by atoms with Crippen molar-refractivity contribution < 1.29 is 0 Å². The molecule has 2 nitrogen and oxygen atoms in total. The molecule has 84 valence electrons. The van der Waals surface area contributed by atoms with Gasteiger partial charge in [0.2, 0.25) is 0 Å². The zero-order chi connectivity index (χ0) is 11.8. The molecule has 1 aromatic carbocycles. The minimum atomic E-state index is 0.743. The Morgan fingerprint density at radius 3 is 2.53 bits per heavy atom. The molecule has 0 atom stereocenters. The number of rotatable bonds is 1. The van der Waals surface area contributed by atoms with E-state index in [1.54, 1.807) is 0 Å². The van der Waals surface area contributed by atoms with E-state index in [-0.39, 0.29) is 0 Å². The Labute approximate surface area is 117 Å². The van der Waals surface area contributed by atoms with Crippen molar-refractivity contribution in [3.05, 3.63) is 57.3 Å². The molecule has 0 aliphatic heterocycles. The number of fused-ring (bicyclic) bond motifs is 1. The van der Waals surface area contributed by atoms with Gasteiger partial charge in [-0.15, -0.1) is 0 Å². The number of nitrogens with zero attached hydrogens (tertiary/aromatic N) is 2. The molecule has 0 bridgehead atoms. The molecule has 0 spiro atoms. The minimum Gasteiger partial charge on any atom is -0.239 e. The standard InChI is InChI=1S/C13H8ClIN2/c14-10-6-4-9(5-7-10)13-12(15)11-3-1-2-8-17(11)16-13/h1-8H. The van der Waals surface area contributed by atoms with Gasteiger partial charge in [-0.25, -0.2) is 4.52 Å². The van der Waals surface area contributed by atoms with E-state index in [1.807, 2.05) is 47.1 Å².